The van der Waals surface area contributed by atoms with Crippen molar-refractivity contribution in [1.29, 1.82) is 0 Å². The van der Waals surface area contributed by atoms with Crippen LogP contribution in [0.1, 0.15) is 38.2 Å². The summed E-state index contributed by atoms with van der Waals surface area (Å²) in [4.78, 5) is 25.1. The van der Waals surface area contributed by atoms with Crippen molar-refractivity contribution in [2.24, 2.45) is 0 Å². The molecule has 10 heteroatoms. The topological polar surface area (TPSA) is 118 Å². The molecule has 1 heterocycles. The average molecular weight is 493 g/mol. The number of amides is 1. The summed E-state index contributed by atoms with van der Waals surface area (Å²) in [6.45, 7) is 1.91. The molecule has 0 saturated carbocycles. The van der Waals surface area contributed by atoms with Crippen molar-refractivity contribution < 1.29 is 18.0 Å². The van der Waals surface area contributed by atoms with Crippen LogP contribution in [-0.2, 0) is 16.4 Å². The molecule has 172 valence electrons. The highest BCUT2D eigenvalue weighted by molar-refractivity contribution is 7.93. The van der Waals surface area contributed by atoms with Crippen LogP contribution in [0.3, 0.4) is 0 Å². The van der Waals surface area contributed by atoms with Gasteiger partial charge >= 0.3 is 0 Å². The van der Waals surface area contributed by atoms with Crippen molar-refractivity contribution >= 4 is 43.9 Å². The van der Waals surface area contributed by atoms with Crippen LogP contribution in [0.5, 0.6) is 0 Å². The van der Waals surface area contributed by atoms with E-state index in [4.69, 9.17) is 0 Å². The number of hydrogen-bond acceptors (Lipinski definition) is 7. The Kier molecular flexibility index (Phi) is 6.80. The molecule has 0 fully saturated rings. The molecule has 0 bridgehead atoms. The maximum Gasteiger partial charge on any atom is 0.263 e. The van der Waals surface area contributed by atoms with Gasteiger partial charge in [0, 0.05) is 22.4 Å². The third kappa shape index (κ3) is 5.36. The van der Waals surface area contributed by atoms with Crippen LogP contribution in [0.4, 0.5) is 10.8 Å². The van der Waals surface area contributed by atoms with E-state index >= 15 is 0 Å². The van der Waals surface area contributed by atoms with E-state index in [-0.39, 0.29) is 21.7 Å². The molecule has 4 aromatic rings. The van der Waals surface area contributed by atoms with Crippen molar-refractivity contribution in [3.05, 3.63) is 101 Å². The molecule has 8 nitrogen and oxygen atoms in total. The van der Waals surface area contributed by atoms with Gasteiger partial charge in [0.2, 0.25) is 5.13 Å². The van der Waals surface area contributed by atoms with Gasteiger partial charge in [-0.25, -0.2) is 8.42 Å². The number of nitrogens with one attached hydrogen (secondary N) is 2. The molecular weight excluding hydrogens is 472 g/mol. The number of carbonyl (C=O) groups excluding carboxylic acids is 2. The standard InChI is InChI=1S/C24H20N4O4S2/c1-2-21-26-27-24(33-21)28-34(31,32)20-14-12-19(13-15-20)25-23(30)18-10-8-17(9-11-18)22(29)16-6-4-3-5-7-16/h3-15H,2H2,1H3,(H,25,30)(H,27,28). The number of sulfonamides is 1. The van der Waals surface area contributed by atoms with Crippen LogP contribution in [-0.4, -0.2) is 30.3 Å². The zero-order chi connectivity index (χ0) is 24.1. The maximum atomic E-state index is 12.6. The highest BCUT2D eigenvalue weighted by atomic mass is 32.2. The van der Waals surface area contributed by atoms with E-state index in [9.17, 15) is 18.0 Å². The number of anilines is 2. The molecular formula is C24H20N4O4S2. The molecule has 1 amide bonds. The van der Waals surface area contributed by atoms with Gasteiger partial charge in [0.25, 0.3) is 15.9 Å². The first-order valence-corrected chi connectivity index (χ1v) is 12.6. The number of ketones is 1. The van der Waals surface area contributed by atoms with Crippen molar-refractivity contribution in [2.45, 2.75) is 18.2 Å². The van der Waals surface area contributed by atoms with E-state index in [0.29, 0.717) is 28.8 Å². The predicted octanol–water partition coefficient (Wildman–Crippen LogP) is 4.38. The number of benzene rings is 3. The highest BCUT2D eigenvalue weighted by Crippen LogP contribution is 2.22. The summed E-state index contributed by atoms with van der Waals surface area (Å²) in [6, 6.07) is 21.0. The second-order valence-corrected chi connectivity index (χ2v) is 9.96. The Morgan fingerprint density at radius 2 is 1.44 bits per heavy atom. The third-order valence-electron chi connectivity index (χ3n) is 4.86. The summed E-state index contributed by atoms with van der Waals surface area (Å²) in [7, 11) is -3.83. The second-order valence-electron chi connectivity index (χ2n) is 7.21. The monoisotopic (exact) mass is 492 g/mol. The number of hydrogen-bond donors (Lipinski definition) is 2. The molecule has 0 aliphatic heterocycles. The minimum Gasteiger partial charge on any atom is -0.322 e. The molecule has 0 aliphatic carbocycles. The van der Waals surface area contributed by atoms with Gasteiger partial charge in [-0.05, 0) is 42.8 Å². The summed E-state index contributed by atoms with van der Waals surface area (Å²) >= 11 is 1.17. The number of aromatic nitrogens is 2. The van der Waals surface area contributed by atoms with Gasteiger partial charge in [-0.15, -0.1) is 10.2 Å². The van der Waals surface area contributed by atoms with Crippen LogP contribution in [0.15, 0.2) is 83.8 Å². The molecule has 34 heavy (non-hydrogen) atoms. The zero-order valence-electron chi connectivity index (χ0n) is 18.1. The molecule has 0 saturated heterocycles. The smallest absolute Gasteiger partial charge is 0.263 e. The third-order valence-corrected chi connectivity index (χ3v) is 7.33. The lowest BCUT2D eigenvalue weighted by molar-refractivity contribution is 0.102. The van der Waals surface area contributed by atoms with Gasteiger partial charge < -0.3 is 5.32 Å². The fourth-order valence-corrected chi connectivity index (χ4v) is 4.97. The number of aryl methyl sites for hydroxylation is 1. The Bertz CT molecular complexity index is 1420. The van der Waals surface area contributed by atoms with Gasteiger partial charge in [0.15, 0.2) is 5.78 Å². The van der Waals surface area contributed by atoms with Crippen molar-refractivity contribution in [3.8, 4) is 0 Å². The van der Waals surface area contributed by atoms with Gasteiger partial charge in [-0.2, -0.15) is 0 Å². The maximum absolute atomic E-state index is 12.6. The molecule has 0 spiro atoms. The second kappa shape index (κ2) is 9.94. The van der Waals surface area contributed by atoms with E-state index in [0.717, 1.165) is 5.01 Å². The van der Waals surface area contributed by atoms with Crippen molar-refractivity contribution in [3.63, 3.8) is 0 Å². The fraction of sp³-hybridized carbons (Fsp3) is 0.0833. The normalized spacial score (nSPS) is 11.1. The zero-order valence-corrected chi connectivity index (χ0v) is 19.7. The van der Waals surface area contributed by atoms with Crippen LogP contribution < -0.4 is 10.0 Å². The van der Waals surface area contributed by atoms with Gasteiger partial charge in [0.05, 0.1) is 4.90 Å². The predicted molar refractivity (Wildman–Crippen MR) is 131 cm³/mol. The summed E-state index contributed by atoms with van der Waals surface area (Å²) in [5, 5.41) is 11.4. The first kappa shape index (κ1) is 23.3. The van der Waals surface area contributed by atoms with E-state index in [1.54, 1.807) is 48.5 Å². The van der Waals surface area contributed by atoms with Crippen LogP contribution in [0, 0.1) is 0 Å². The lowest BCUT2D eigenvalue weighted by Gasteiger charge is -2.08. The number of rotatable bonds is 8. The first-order valence-electron chi connectivity index (χ1n) is 10.3. The fourth-order valence-electron chi connectivity index (χ4n) is 3.06. The Morgan fingerprint density at radius 3 is 2.06 bits per heavy atom. The Balaban J connectivity index is 1.41. The van der Waals surface area contributed by atoms with Crippen molar-refractivity contribution in [1.82, 2.24) is 10.2 Å². The van der Waals surface area contributed by atoms with E-state index in [2.05, 4.69) is 20.2 Å². The van der Waals surface area contributed by atoms with E-state index in [1.165, 1.54) is 35.6 Å². The van der Waals surface area contributed by atoms with Gasteiger partial charge in [-0.1, -0.05) is 60.7 Å². The first-order chi connectivity index (χ1) is 16.4. The Morgan fingerprint density at radius 1 is 0.824 bits per heavy atom. The summed E-state index contributed by atoms with van der Waals surface area (Å²) < 4.78 is 27.5. The molecule has 0 unspecified atom stereocenters. The molecule has 0 atom stereocenters. The largest absolute Gasteiger partial charge is 0.322 e. The number of carbonyl (C=O) groups is 2. The minimum atomic E-state index is -3.83. The SMILES string of the molecule is CCc1nnc(NS(=O)(=O)c2ccc(NC(=O)c3ccc(C(=O)c4ccccc4)cc3)cc2)s1. The molecule has 4 rings (SSSR count). The Labute approximate surface area is 200 Å². The van der Waals surface area contributed by atoms with E-state index in [1.807, 2.05) is 13.0 Å². The number of nitrogens with zero attached hydrogens (tertiary/aromatic N) is 2. The van der Waals surface area contributed by atoms with Gasteiger partial charge in [0.1, 0.15) is 5.01 Å². The highest BCUT2D eigenvalue weighted by Gasteiger charge is 2.17. The average Bonchev–Trinajstić information content (AvgIpc) is 3.31. The molecule has 0 aliphatic rings. The molecule has 1 aromatic heterocycles. The summed E-state index contributed by atoms with van der Waals surface area (Å²) in [5.74, 6) is -0.509. The lowest BCUT2D eigenvalue weighted by Crippen LogP contribution is -2.14. The van der Waals surface area contributed by atoms with Crippen molar-refractivity contribution in [2.75, 3.05) is 10.0 Å². The van der Waals surface area contributed by atoms with Crippen LogP contribution in [0.25, 0.3) is 0 Å². The molecule has 3 aromatic carbocycles. The molecule has 2 N–H and O–H groups in total. The lowest BCUT2D eigenvalue weighted by atomic mass is 10.0. The summed E-state index contributed by atoms with van der Waals surface area (Å²) in [6.07, 6.45) is 0.667. The Hall–Kier alpha value is -3.89. The summed E-state index contributed by atoms with van der Waals surface area (Å²) in [5.41, 5.74) is 1.84. The van der Waals surface area contributed by atoms with Gasteiger partial charge in [-0.3, -0.25) is 14.3 Å². The quantitative estimate of drug-likeness (QED) is 0.352. The van der Waals surface area contributed by atoms with Crippen LogP contribution in [0.2, 0.25) is 0 Å². The van der Waals surface area contributed by atoms with Crippen LogP contribution >= 0.6 is 11.3 Å². The van der Waals surface area contributed by atoms with E-state index < -0.39 is 10.0 Å². The molecule has 0 radical (unpaired) electrons. The minimum absolute atomic E-state index is 0.0301.